The average Bonchev–Trinajstić information content (AvgIpc) is 2.61. The number of quaternary nitrogens is 1. The molecule has 3 aromatic carbocycles. The van der Waals surface area contributed by atoms with Crippen molar-refractivity contribution in [3.05, 3.63) is 89.0 Å². The minimum atomic E-state index is -4.45. The number of aryl methyl sites for hydroxylation is 1. The minimum absolute atomic E-state index is 0.0420. The maximum atomic E-state index is 13.7. The quantitative estimate of drug-likeness (QED) is 0.465. The molecule has 0 saturated carbocycles. The van der Waals surface area contributed by atoms with Gasteiger partial charge in [-0.2, -0.15) is 13.2 Å². The monoisotopic (exact) mass is 378 g/mol. The van der Waals surface area contributed by atoms with Crippen molar-refractivity contribution in [2.45, 2.75) is 19.6 Å². The normalized spacial score (nSPS) is 11.6. The lowest BCUT2D eigenvalue weighted by molar-refractivity contribution is -0.589. The summed E-state index contributed by atoms with van der Waals surface area (Å²) in [7, 11) is 0. The van der Waals surface area contributed by atoms with Crippen molar-refractivity contribution in [3.8, 4) is 11.1 Å². The predicted molar refractivity (Wildman–Crippen MR) is 93.3 cm³/mol. The van der Waals surface area contributed by atoms with Crippen molar-refractivity contribution in [1.82, 2.24) is 0 Å². The van der Waals surface area contributed by atoms with Crippen LogP contribution in [0.2, 0.25) is 0 Å². The number of hydrogen-bond acceptors (Lipinski definition) is 0. The number of rotatable bonds is 4. The molecule has 0 heterocycles. The summed E-state index contributed by atoms with van der Waals surface area (Å²) in [6.07, 6.45) is -4.45. The van der Waals surface area contributed by atoms with E-state index in [0.29, 0.717) is 11.3 Å². The van der Waals surface area contributed by atoms with Crippen molar-refractivity contribution >= 4 is 5.69 Å². The first-order valence-corrected chi connectivity index (χ1v) is 8.30. The van der Waals surface area contributed by atoms with Gasteiger partial charge in [0.2, 0.25) is 0 Å². The van der Waals surface area contributed by atoms with Crippen LogP contribution in [0.4, 0.5) is 27.6 Å². The van der Waals surface area contributed by atoms with Crippen LogP contribution in [0.25, 0.3) is 11.1 Å². The second kappa shape index (κ2) is 7.48. The van der Waals surface area contributed by atoms with E-state index in [1.807, 2.05) is 0 Å². The van der Waals surface area contributed by atoms with Gasteiger partial charge < -0.3 is 5.32 Å². The lowest BCUT2D eigenvalue weighted by Crippen LogP contribution is -2.76. The van der Waals surface area contributed by atoms with Crippen LogP contribution in [0.1, 0.15) is 16.7 Å². The molecule has 6 heteroatoms. The fourth-order valence-corrected chi connectivity index (χ4v) is 2.89. The van der Waals surface area contributed by atoms with Gasteiger partial charge in [-0.3, -0.25) is 0 Å². The smallest absolute Gasteiger partial charge is 0.310 e. The molecule has 0 unspecified atom stereocenters. The van der Waals surface area contributed by atoms with Crippen molar-refractivity contribution < 1.29 is 27.3 Å². The summed E-state index contributed by atoms with van der Waals surface area (Å²) in [4.78, 5) is 0. The molecule has 0 fully saturated rings. The number of halogens is 5. The molecule has 1 nitrogen and oxygen atoms in total. The zero-order valence-corrected chi connectivity index (χ0v) is 14.4. The van der Waals surface area contributed by atoms with Crippen LogP contribution in [-0.2, 0) is 12.7 Å². The fourth-order valence-electron chi connectivity index (χ4n) is 2.89. The Hall–Kier alpha value is -2.73. The van der Waals surface area contributed by atoms with Crippen LogP contribution >= 0.6 is 0 Å². The van der Waals surface area contributed by atoms with Crippen molar-refractivity contribution in [3.63, 3.8) is 0 Å². The SMILES string of the molecule is Cc1ccc(C(F)(F)F)c(-c2ccc([NH2+]Cc3c(F)cccc3F)cc2)c1. The van der Waals surface area contributed by atoms with E-state index in [4.69, 9.17) is 0 Å². The molecule has 0 saturated heterocycles. The number of alkyl halides is 3. The Balaban J connectivity index is 1.83. The van der Waals surface area contributed by atoms with Crippen LogP contribution < -0.4 is 5.32 Å². The molecule has 0 aromatic heterocycles. The molecule has 0 amide bonds. The molecular weight excluding hydrogens is 361 g/mol. The lowest BCUT2D eigenvalue weighted by atomic mass is 9.97. The molecule has 0 radical (unpaired) electrons. The first kappa shape index (κ1) is 19.0. The van der Waals surface area contributed by atoms with Gasteiger partial charge in [-0.05, 0) is 60.5 Å². The van der Waals surface area contributed by atoms with Gasteiger partial charge >= 0.3 is 6.18 Å². The first-order chi connectivity index (χ1) is 12.8. The molecule has 2 N–H and O–H groups in total. The van der Waals surface area contributed by atoms with Crippen molar-refractivity contribution in [2.24, 2.45) is 0 Å². The summed E-state index contributed by atoms with van der Waals surface area (Å²) in [6.45, 7) is 1.78. The Bertz CT molecular complexity index is 926. The van der Waals surface area contributed by atoms with Gasteiger partial charge in [-0.25, -0.2) is 8.78 Å². The van der Waals surface area contributed by atoms with E-state index in [1.165, 1.54) is 30.3 Å². The molecule has 3 rings (SSSR count). The van der Waals surface area contributed by atoms with E-state index in [0.717, 1.165) is 11.6 Å². The highest BCUT2D eigenvalue weighted by atomic mass is 19.4. The Morgan fingerprint density at radius 3 is 2.07 bits per heavy atom. The Kier molecular flexibility index (Phi) is 5.28. The maximum Gasteiger partial charge on any atom is 0.417 e. The highest BCUT2D eigenvalue weighted by molar-refractivity contribution is 5.69. The standard InChI is InChI=1S/C21H16F5N/c1-13-5-10-18(21(24,25)26)16(11-13)14-6-8-15(9-7-14)27-12-17-19(22)3-2-4-20(17)23/h2-11,27H,12H2,1H3/p+1. The van der Waals surface area contributed by atoms with E-state index in [-0.39, 0.29) is 17.7 Å². The van der Waals surface area contributed by atoms with Crippen LogP contribution in [0.15, 0.2) is 60.7 Å². The second-order valence-electron chi connectivity index (χ2n) is 6.28. The van der Waals surface area contributed by atoms with Gasteiger partial charge in [0.1, 0.15) is 23.9 Å². The zero-order valence-electron chi connectivity index (χ0n) is 14.4. The predicted octanol–water partition coefficient (Wildman–Crippen LogP) is 5.35. The number of benzene rings is 3. The molecule has 27 heavy (non-hydrogen) atoms. The van der Waals surface area contributed by atoms with E-state index in [2.05, 4.69) is 0 Å². The summed E-state index contributed by atoms with van der Waals surface area (Å²) in [5.74, 6) is -1.25. The van der Waals surface area contributed by atoms with Gasteiger partial charge in [0.25, 0.3) is 0 Å². The van der Waals surface area contributed by atoms with Crippen LogP contribution in [-0.4, -0.2) is 0 Å². The topological polar surface area (TPSA) is 16.6 Å². The molecular formula is C21H17F5N+. The van der Waals surface area contributed by atoms with Gasteiger partial charge in [0, 0.05) is 0 Å². The third-order valence-corrected chi connectivity index (χ3v) is 4.31. The number of nitrogens with two attached hydrogens (primary N) is 1. The maximum absolute atomic E-state index is 13.7. The third kappa shape index (κ3) is 4.34. The second-order valence-corrected chi connectivity index (χ2v) is 6.28. The summed E-state index contributed by atoms with van der Waals surface area (Å²) < 4.78 is 67.1. The number of hydrogen-bond donors (Lipinski definition) is 1. The largest absolute Gasteiger partial charge is 0.417 e. The molecule has 0 bridgehead atoms. The van der Waals surface area contributed by atoms with Crippen LogP contribution in [0, 0.1) is 18.6 Å². The molecule has 140 valence electrons. The fraction of sp³-hybridized carbons (Fsp3) is 0.143. The molecule has 0 spiro atoms. The Labute approximate surface area is 153 Å². The van der Waals surface area contributed by atoms with E-state index in [1.54, 1.807) is 36.5 Å². The van der Waals surface area contributed by atoms with Gasteiger partial charge in [-0.15, -0.1) is 0 Å². The summed E-state index contributed by atoms with van der Waals surface area (Å²) >= 11 is 0. The van der Waals surface area contributed by atoms with E-state index >= 15 is 0 Å². The van der Waals surface area contributed by atoms with Gasteiger partial charge in [0.15, 0.2) is 0 Å². The highest BCUT2D eigenvalue weighted by Crippen LogP contribution is 2.37. The Morgan fingerprint density at radius 1 is 0.852 bits per heavy atom. The molecule has 0 atom stereocenters. The molecule has 0 aliphatic carbocycles. The Morgan fingerprint density at radius 2 is 1.48 bits per heavy atom. The average molecular weight is 378 g/mol. The van der Waals surface area contributed by atoms with Crippen molar-refractivity contribution in [1.29, 1.82) is 0 Å². The summed E-state index contributed by atoms with van der Waals surface area (Å²) in [6, 6.07) is 14.1. The zero-order chi connectivity index (χ0) is 19.6. The van der Waals surface area contributed by atoms with Gasteiger partial charge in [0.05, 0.1) is 11.1 Å². The molecule has 0 aliphatic rings. The third-order valence-electron chi connectivity index (χ3n) is 4.31. The molecule has 3 aromatic rings. The summed E-state index contributed by atoms with van der Waals surface area (Å²) in [5.41, 5.74) is 1.19. The van der Waals surface area contributed by atoms with Crippen LogP contribution in [0.3, 0.4) is 0 Å². The van der Waals surface area contributed by atoms with E-state index in [9.17, 15) is 22.0 Å². The molecule has 0 aliphatic heterocycles. The van der Waals surface area contributed by atoms with Gasteiger partial charge in [-0.1, -0.05) is 23.8 Å². The lowest BCUT2D eigenvalue weighted by Gasteiger charge is -2.14. The minimum Gasteiger partial charge on any atom is -0.310 e. The van der Waals surface area contributed by atoms with Crippen molar-refractivity contribution in [2.75, 3.05) is 0 Å². The summed E-state index contributed by atoms with van der Waals surface area (Å²) in [5, 5.41) is 1.63. The van der Waals surface area contributed by atoms with Crippen LogP contribution in [0.5, 0.6) is 0 Å². The highest BCUT2D eigenvalue weighted by Gasteiger charge is 2.33. The van der Waals surface area contributed by atoms with E-state index < -0.39 is 23.4 Å². The first-order valence-electron chi connectivity index (χ1n) is 8.30.